The second kappa shape index (κ2) is 5.64. The molecule has 0 bridgehead atoms. The molecule has 0 N–H and O–H groups in total. The highest BCUT2D eigenvalue weighted by Gasteiger charge is 2.06. The van der Waals surface area contributed by atoms with E-state index in [-0.39, 0.29) is 0 Å². The van der Waals surface area contributed by atoms with E-state index in [1.54, 1.807) is 7.11 Å². The van der Waals surface area contributed by atoms with E-state index in [4.69, 9.17) is 9.47 Å². The molecule has 0 aromatic heterocycles. The van der Waals surface area contributed by atoms with Gasteiger partial charge in [0.25, 0.3) is 0 Å². The SMILES string of the molecule is CCOc1ccc(CC(C)C)cc1OC. The number of methoxy groups -OCH3 is 1. The Hall–Kier alpha value is -1.18. The van der Waals surface area contributed by atoms with E-state index in [0.717, 1.165) is 17.9 Å². The fourth-order valence-electron chi connectivity index (χ4n) is 1.59. The number of ether oxygens (including phenoxy) is 2. The van der Waals surface area contributed by atoms with Crippen LogP contribution in [0.15, 0.2) is 18.2 Å². The molecular formula is C13H20O2. The van der Waals surface area contributed by atoms with E-state index in [9.17, 15) is 0 Å². The third-order valence-electron chi connectivity index (χ3n) is 2.17. The van der Waals surface area contributed by atoms with Gasteiger partial charge in [-0.1, -0.05) is 19.9 Å². The topological polar surface area (TPSA) is 18.5 Å². The largest absolute Gasteiger partial charge is 0.493 e. The van der Waals surface area contributed by atoms with Crippen molar-refractivity contribution in [2.75, 3.05) is 13.7 Å². The van der Waals surface area contributed by atoms with Crippen LogP contribution in [0.5, 0.6) is 11.5 Å². The lowest BCUT2D eigenvalue weighted by atomic mass is 10.0. The Balaban J connectivity index is 2.86. The molecule has 0 amide bonds. The minimum absolute atomic E-state index is 0.660. The smallest absolute Gasteiger partial charge is 0.161 e. The van der Waals surface area contributed by atoms with Crippen molar-refractivity contribution in [2.45, 2.75) is 27.2 Å². The van der Waals surface area contributed by atoms with Gasteiger partial charge < -0.3 is 9.47 Å². The average Bonchev–Trinajstić information content (AvgIpc) is 2.20. The van der Waals surface area contributed by atoms with Gasteiger partial charge in [-0.2, -0.15) is 0 Å². The van der Waals surface area contributed by atoms with Crippen molar-refractivity contribution in [1.82, 2.24) is 0 Å². The fourth-order valence-corrected chi connectivity index (χ4v) is 1.59. The first-order chi connectivity index (χ1) is 7.17. The number of rotatable bonds is 5. The molecule has 2 heteroatoms. The highest BCUT2D eigenvalue weighted by atomic mass is 16.5. The Morgan fingerprint density at radius 1 is 1.20 bits per heavy atom. The zero-order chi connectivity index (χ0) is 11.3. The molecule has 0 fully saturated rings. The van der Waals surface area contributed by atoms with Crippen LogP contribution in [-0.4, -0.2) is 13.7 Å². The van der Waals surface area contributed by atoms with Gasteiger partial charge in [-0.15, -0.1) is 0 Å². The predicted molar refractivity (Wildman–Crippen MR) is 62.7 cm³/mol. The van der Waals surface area contributed by atoms with Crippen LogP contribution < -0.4 is 9.47 Å². The molecule has 0 atom stereocenters. The Kier molecular flexibility index (Phi) is 4.47. The molecule has 0 heterocycles. The van der Waals surface area contributed by atoms with Crippen LogP contribution in [0.3, 0.4) is 0 Å². The summed E-state index contributed by atoms with van der Waals surface area (Å²) in [4.78, 5) is 0. The first kappa shape index (κ1) is 11.9. The lowest BCUT2D eigenvalue weighted by Gasteiger charge is -2.11. The summed E-state index contributed by atoms with van der Waals surface area (Å²) in [6, 6.07) is 6.15. The zero-order valence-electron chi connectivity index (χ0n) is 10.0. The summed E-state index contributed by atoms with van der Waals surface area (Å²) in [6.45, 7) is 7.06. The highest BCUT2D eigenvalue weighted by Crippen LogP contribution is 2.28. The molecule has 0 saturated heterocycles. The van der Waals surface area contributed by atoms with E-state index in [0.29, 0.717) is 12.5 Å². The van der Waals surface area contributed by atoms with Gasteiger partial charge in [0, 0.05) is 0 Å². The van der Waals surface area contributed by atoms with E-state index >= 15 is 0 Å². The quantitative estimate of drug-likeness (QED) is 0.739. The van der Waals surface area contributed by atoms with Crippen molar-refractivity contribution in [3.63, 3.8) is 0 Å². The molecule has 0 aliphatic rings. The Morgan fingerprint density at radius 2 is 1.93 bits per heavy atom. The molecule has 0 saturated carbocycles. The van der Waals surface area contributed by atoms with Gasteiger partial charge in [-0.05, 0) is 37.0 Å². The molecule has 1 rings (SSSR count). The maximum Gasteiger partial charge on any atom is 0.161 e. The average molecular weight is 208 g/mol. The van der Waals surface area contributed by atoms with Crippen molar-refractivity contribution >= 4 is 0 Å². The zero-order valence-corrected chi connectivity index (χ0v) is 10.0. The van der Waals surface area contributed by atoms with Gasteiger partial charge in [0.1, 0.15) is 0 Å². The van der Waals surface area contributed by atoms with Crippen LogP contribution in [-0.2, 0) is 6.42 Å². The molecule has 0 aliphatic carbocycles. The molecule has 0 unspecified atom stereocenters. The summed E-state index contributed by atoms with van der Waals surface area (Å²) in [5.41, 5.74) is 1.30. The molecule has 0 spiro atoms. The summed E-state index contributed by atoms with van der Waals surface area (Å²) in [6.07, 6.45) is 1.07. The van der Waals surface area contributed by atoms with E-state index in [2.05, 4.69) is 26.0 Å². The molecular weight excluding hydrogens is 188 g/mol. The van der Waals surface area contributed by atoms with Crippen molar-refractivity contribution in [3.8, 4) is 11.5 Å². The lowest BCUT2D eigenvalue weighted by molar-refractivity contribution is 0.310. The maximum atomic E-state index is 5.46. The normalized spacial score (nSPS) is 10.5. The molecule has 0 radical (unpaired) electrons. The van der Waals surface area contributed by atoms with Crippen LogP contribution >= 0.6 is 0 Å². The molecule has 1 aromatic rings. The van der Waals surface area contributed by atoms with E-state index < -0.39 is 0 Å². The third-order valence-corrected chi connectivity index (χ3v) is 2.17. The van der Waals surface area contributed by atoms with Gasteiger partial charge in [0.2, 0.25) is 0 Å². The summed E-state index contributed by atoms with van der Waals surface area (Å²) < 4.78 is 10.8. The van der Waals surface area contributed by atoms with Gasteiger partial charge in [0.15, 0.2) is 11.5 Å². The monoisotopic (exact) mass is 208 g/mol. The summed E-state index contributed by atoms with van der Waals surface area (Å²) in [5, 5.41) is 0. The van der Waals surface area contributed by atoms with Crippen molar-refractivity contribution in [1.29, 1.82) is 0 Å². The van der Waals surface area contributed by atoms with Gasteiger partial charge in [0.05, 0.1) is 13.7 Å². The van der Waals surface area contributed by atoms with Crippen LogP contribution in [0.1, 0.15) is 26.3 Å². The number of hydrogen-bond acceptors (Lipinski definition) is 2. The summed E-state index contributed by atoms with van der Waals surface area (Å²) >= 11 is 0. The molecule has 84 valence electrons. The number of benzene rings is 1. The Morgan fingerprint density at radius 3 is 2.47 bits per heavy atom. The van der Waals surface area contributed by atoms with Crippen molar-refractivity contribution in [2.24, 2.45) is 5.92 Å². The lowest BCUT2D eigenvalue weighted by Crippen LogP contribution is -1.98. The molecule has 0 aliphatic heterocycles. The highest BCUT2D eigenvalue weighted by molar-refractivity contribution is 5.43. The molecule has 1 aromatic carbocycles. The first-order valence-electron chi connectivity index (χ1n) is 5.47. The van der Waals surface area contributed by atoms with Crippen LogP contribution in [0, 0.1) is 5.92 Å². The van der Waals surface area contributed by atoms with E-state index in [1.807, 2.05) is 13.0 Å². The van der Waals surface area contributed by atoms with Gasteiger partial charge in [-0.3, -0.25) is 0 Å². The summed E-state index contributed by atoms with van der Waals surface area (Å²) in [5.74, 6) is 2.31. The van der Waals surface area contributed by atoms with E-state index in [1.165, 1.54) is 5.56 Å². The van der Waals surface area contributed by atoms with Gasteiger partial charge >= 0.3 is 0 Å². The standard InChI is InChI=1S/C13H20O2/c1-5-15-12-7-6-11(8-10(2)3)9-13(12)14-4/h6-7,9-10H,5,8H2,1-4H3. The van der Waals surface area contributed by atoms with Crippen molar-refractivity contribution < 1.29 is 9.47 Å². The van der Waals surface area contributed by atoms with Gasteiger partial charge in [-0.25, -0.2) is 0 Å². The maximum absolute atomic E-state index is 5.46. The van der Waals surface area contributed by atoms with Crippen LogP contribution in [0.25, 0.3) is 0 Å². The van der Waals surface area contributed by atoms with Crippen LogP contribution in [0.2, 0.25) is 0 Å². The Bertz CT molecular complexity index is 305. The minimum atomic E-state index is 0.660. The van der Waals surface area contributed by atoms with Crippen LogP contribution in [0.4, 0.5) is 0 Å². The minimum Gasteiger partial charge on any atom is -0.493 e. The third kappa shape index (κ3) is 3.46. The molecule has 15 heavy (non-hydrogen) atoms. The first-order valence-corrected chi connectivity index (χ1v) is 5.47. The molecule has 2 nitrogen and oxygen atoms in total. The second-order valence-corrected chi connectivity index (χ2v) is 4.02. The predicted octanol–water partition coefficient (Wildman–Crippen LogP) is 3.29. The second-order valence-electron chi connectivity index (χ2n) is 4.02. The summed E-state index contributed by atoms with van der Waals surface area (Å²) in [7, 11) is 1.68. The Labute approximate surface area is 92.2 Å². The fraction of sp³-hybridized carbons (Fsp3) is 0.538. The van der Waals surface area contributed by atoms with Crippen molar-refractivity contribution in [3.05, 3.63) is 23.8 Å². The number of hydrogen-bond donors (Lipinski definition) is 0.